The second-order valence-electron chi connectivity index (χ2n) is 4.74. The topological polar surface area (TPSA) is 40.5 Å². The van der Waals surface area contributed by atoms with E-state index in [0.29, 0.717) is 12.5 Å². The summed E-state index contributed by atoms with van der Waals surface area (Å²) in [7, 11) is 0. The van der Waals surface area contributed by atoms with Gasteiger partial charge in [-0.2, -0.15) is 0 Å². The molecule has 0 spiro atoms. The molecule has 1 rings (SSSR count). The highest BCUT2D eigenvalue weighted by Crippen LogP contribution is 2.24. The van der Waals surface area contributed by atoms with E-state index in [-0.39, 0.29) is 0 Å². The molecule has 15 heavy (non-hydrogen) atoms. The molecule has 1 fully saturated rings. The quantitative estimate of drug-likeness (QED) is 0.705. The maximum absolute atomic E-state index is 10.4. The molecular weight excluding hydrogens is 190 g/mol. The van der Waals surface area contributed by atoms with Crippen LogP contribution in [0.5, 0.6) is 0 Å². The molecule has 1 aliphatic rings. The van der Waals surface area contributed by atoms with Gasteiger partial charge < -0.3 is 10.0 Å². The summed E-state index contributed by atoms with van der Waals surface area (Å²) in [4.78, 5) is 12.8. The van der Waals surface area contributed by atoms with Gasteiger partial charge in [-0.1, -0.05) is 13.3 Å². The number of nitrogens with zero attached hydrogens (tertiary/aromatic N) is 1. The normalized spacial score (nSPS) is 19.9. The van der Waals surface area contributed by atoms with E-state index < -0.39 is 5.97 Å². The Kier molecular flexibility index (Phi) is 5.09. The summed E-state index contributed by atoms with van der Waals surface area (Å²) in [5.41, 5.74) is 0. The van der Waals surface area contributed by atoms with Gasteiger partial charge in [-0.25, -0.2) is 0 Å². The zero-order chi connectivity index (χ0) is 11.3. The van der Waals surface area contributed by atoms with E-state index in [1.165, 1.54) is 25.9 Å². The summed E-state index contributed by atoms with van der Waals surface area (Å²) in [6.45, 7) is 6.90. The van der Waals surface area contributed by atoms with Gasteiger partial charge in [0.2, 0.25) is 0 Å². The maximum Gasteiger partial charge on any atom is 0.303 e. The predicted octanol–water partition coefficient (Wildman–Crippen LogP) is 2.36. The highest BCUT2D eigenvalue weighted by Gasteiger charge is 2.28. The van der Waals surface area contributed by atoms with Gasteiger partial charge in [0.1, 0.15) is 0 Å². The van der Waals surface area contributed by atoms with Crippen molar-refractivity contribution in [3.05, 3.63) is 0 Å². The first-order valence-electron chi connectivity index (χ1n) is 6.09. The molecule has 0 radical (unpaired) electrons. The molecule has 88 valence electrons. The SMILES string of the molecule is CCCC1CN(C(C)CCCC(=O)O)C1. The van der Waals surface area contributed by atoms with Crippen molar-refractivity contribution in [3.8, 4) is 0 Å². The van der Waals surface area contributed by atoms with Crippen molar-refractivity contribution >= 4 is 5.97 Å². The lowest BCUT2D eigenvalue weighted by molar-refractivity contribution is -0.137. The van der Waals surface area contributed by atoms with E-state index in [1.54, 1.807) is 0 Å². The Morgan fingerprint density at radius 2 is 2.20 bits per heavy atom. The van der Waals surface area contributed by atoms with Crippen LogP contribution in [0.2, 0.25) is 0 Å². The third kappa shape index (κ3) is 4.20. The van der Waals surface area contributed by atoms with E-state index in [9.17, 15) is 4.79 Å². The lowest BCUT2D eigenvalue weighted by Gasteiger charge is -2.43. The smallest absolute Gasteiger partial charge is 0.303 e. The Morgan fingerprint density at radius 3 is 2.73 bits per heavy atom. The molecule has 1 heterocycles. The van der Waals surface area contributed by atoms with E-state index in [2.05, 4.69) is 18.7 Å². The summed E-state index contributed by atoms with van der Waals surface area (Å²) in [6, 6.07) is 0.567. The molecule has 1 atom stereocenters. The highest BCUT2D eigenvalue weighted by atomic mass is 16.4. The lowest BCUT2D eigenvalue weighted by atomic mass is 9.92. The zero-order valence-electron chi connectivity index (χ0n) is 9.91. The van der Waals surface area contributed by atoms with E-state index in [1.807, 2.05) is 0 Å². The summed E-state index contributed by atoms with van der Waals surface area (Å²) in [5.74, 6) is 0.228. The average Bonchev–Trinajstić information content (AvgIpc) is 2.09. The largest absolute Gasteiger partial charge is 0.481 e. The van der Waals surface area contributed by atoms with Crippen LogP contribution in [0.1, 0.15) is 46.0 Å². The zero-order valence-corrected chi connectivity index (χ0v) is 9.91. The van der Waals surface area contributed by atoms with Crippen molar-refractivity contribution in [3.63, 3.8) is 0 Å². The standard InChI is InChI=1S/C12H23NO2/c1-3-5-11-8-13(9-11)10(2)6-4-7-12(14)15/h10-11H,3-9H2,1-2H3,(H,14,15). The van der Waals surface area contributed by atoms with Gasteiger partial charge in [0, 0.05) is 25.6 Å². The molecule has 1 saturated heterocycles. The third-order valence-electron chi connectivity index (χ3n) is 3.32. The van der Waals surface area contributed by atoms with Crippen LogP contribution in [0.3, 0.4) is 0 Å². The molecule has 0 aromatic carbocycles. The van der Waals surface area contributed by atoms with Gasteiger partial charge in [0.25, 0.3) is 0 Å². The average molecular weight is 213 g/mol. The third-order valence-corrected chi connectivity index (χ3v) is 3.32. The van der Waals surface area contributed by atoms with Gasteiger partial charge in [0.05, 0.1) is 0 Å². The van der Waals surface area contributed by atoms with Crippen molar-refractivity contribution in [1.29, 1.82) is 0 Å². The Labute approximate surface area is 92.5 Å². The minimum atomic E-state index is -0.672. The molecule has 0 bridgehead atoms. The van der Waals surface area contributed by atoms with Crippen LogP contribution in [0.25, 0.3) is 0 Å². The number of carboxylic acid groups (broad SMARTS) is 1. The van der Waals surface area contributed by atoms with Crippen molar-refractivity contribution in [2.45, 2.75) is 52.0 Å². The van der Waals surface area contributed by atoms with Crippen LogP contribution in [0.4, 0.5) is 0 Å². The first-order valence-corrected chi connectivity index (χ1v) is 6.09. The van der Waals surface area contributed by atoms with Crippen LogP contribution in [0.15, 0.2) is 0 Å². The Balaban J connectivity index is 2.04. The van der Waals surface area contributed by atoms with Crippen LogP contribution in [0, 0.1) is 5.92 Å². The molecule has 0 aromatic heterocycles. The van der Waals surface area contributed by atoms with Crippen molar-refractivity contribution in [1.82, 2.24) is 4.90 Å². The van der Waals surface area contributed by atoms with Gasteiger partial charge in [-0.3, -0.25) is 4.79 Å². The summed E-state index contributed by atoms with van der Waals surface area (Å²) in [5, 5.41) is 8.53. The number of rotatable bonds is 7. The molecule has 1 aliphatic heterocycles. The minimum Gasteiger partial charge on any atom is -0.481 e. The highest BCUT2D eigenvalue weighted by molar-refractivity contribution is 5.66. The van der Waals surface area contributed by atoms with E-state index >= 15 is 0 Å². The monoisotopic (exact) mass is 213 g/mol. The summed E-state index contributed by atoms with van der Waals surface area (Å²) < 4.78 is 0. The molecular formula is C12H23NO2. The van der Waals surface area contributed by atoms with Crippen LogP contribution in [-0.4, -0.2) is 35.1 Å². The van der Waals surface area contributed by atoms with Gasteiger partial charge in [-0.15, -0.1) is 0 Å². The molecule has 3 nitrogen and oxygen atoms in total. The van der Waals surface area contributed by atoms with Crippen molar-refractivity contribution < 1.29 is 9.90 Å². The number of carboxylic acids is 1. The molecule has 0 amide bonds. The molecule has 0 aromatic rings. The van der Waals surface area contributed by atoms with Crippen LogP contribution >= 0.6 is 0 Å². The number of aliphatic carboxylic acids is 1. The number of likely N-dealkylation sites (tertiary alicyclic amines) is 1. The summed E-state index contributed by atoms with van der Waals surface area (Å²) in [6.07, 6.45) is 4.78. The minimum absolute atomic E-state index is 0.316. The van der Waals surface area contributed by atoms with Crippen LogP contribution < -0.4 is 0 Å². The van der Waals surface area contributed by atoms with Gasteiger partial charge in [-0.05, 0) is 32.1 Å². The van der Waals surface area contributed by atoms with E-state index in [4.69, 9.17) is 5.11 Å². The Morgan fingerprint density at radius 1 is 1.53 bits per heavy atom. The first-order chi connectivity index (χ1) is 7.13. The van der Waals surface area contributed by atoms with Crippen molar-refractivity contribution in [2.75, 3.05) is 13.1 Å². The Hall–Kier alpha value is -0.570. The van der Waals surface area contributed by atoms with Gasteiger partial charge in [0.15, 0.2) is 0 Å². The maximum atomic E-state index is 10.4. The molecule has 3 heteroatoms. The first kappa shape index (κ1) is 12.5. The predicted molar refractivity (Wildman–Crippen MR) is 60.9 cm³/mol. The second-order valence-corrected chi connectivity index (χ2v) is 4.74. The molecule has 0 saturated carbocycles. The fourth-order valence-electron chi connectivity index (χ4n) is 2.29. The van der Waals surface area contributed by atoms with Gasteiger partial charge >= 0.3 is 5.97 Å². The lowest BCUT2D eigenvalue weighted by Crippen LogP contribution is -2.50. The number of carbonyl (C=O) groups is 1. The van der Waals surface area contributed by atoms with E-state index in [0.717, 1.165) is 18.8 Å². The molecule has 1 N–H and O–H groups in total. The fourth-order valence-corrected chi connectivity index (χ4v) is 2.29. The second kappa shape index (κ2) is 6.11. The fraction of sp³-hybridized carbons (Fsp3) is 0.917. The number of hydrogen-bond donors (Lipinski definition) is 1. The summed E-state index contributed by atoms with van der Waals surface area (Å²) >= 11 is 0. The molecule has 1 unspecified atom stereocenters. The molecule has 0 aliphatic carbocycles. The Bertz CT molecular complexity index is 200. The number of hydrogen-bond acceptors (Lipinski definition) is 2. The van der Waals surface area contributed by atoms with Crippen LogP contribution in [-0.2, 0) is 4.79 Å². The van der Waals surface area contributed by atoms with Crippen molar-refractivity contribution in [2.24, 2.45) is 5.92 Å².